The van der Waals surface area contributed by atoms with E-state index in [-0.39, 0.29) is 18.1 Å². The summed E-state index contributed by atoms with van der Waals surface area (Å²) in [6.45, 7) is 1.08. The van der Waals surface area contributed by atoms with Gasteiger partial charge in [-0.1, -0.05) is 0 Å². The average Bonchev–Trinajstić information content (AvgIpc) is 2.94. The molecule has 1 fully saturated rings. The van der Waals surface area contributed by atoms with Crippen molar-refractivity contribution in [2.24, 2.45) is 11.7 Å². The number of aliphatic carboxylic acids is 1. The van der Waals surface area contributed by atoms with Crippen LogP contribution in [-0.4, -0.2) is 46.8 Å². The van der Waals surface area contributed by atoms with E-state index in [1.807, 2.05) is 11.0 Å². The zero-order chi connectivity index (χ0) is 17.0. The first-order valence-corrected chi connectivity index (χ1v) is 9.04. The van der Waals surface area contributed by atoms with Gasteiger partial charge in [-0.25, -0.2) is 0 Å². The van der Waals surface area contributed by atoms with Crippen molar-refractivity contribution >= 4 is 44.9 Å². The molecule has 0 bridgehead atoms. The lowest BCUT2D eigenvalue weighted by atomic mass is 9.93. The van der Waals surface area contributed by atoms with Crippen LogP contribution in [-0.2, 0) is 9.59 Å². The van der Waals surface area contributed by atoms with Crippen LogP contribution in [0.15, 0.2) is 15.9 Å². The summed E-state index contributed by atoms with van der Waals surface area (Å²) in [6, 6.07) is 3.15. The van der Waals surface area contributed by atoms with E-state index in [1.165, 1.54) is 11.3 Å². The number of primary amides is 1. The van der Waals surface area contributed by atoms with Crippen LogP contribution in [0, 0.1) is 5.92 Å². The summed E-state index contributed by atoms with van der Waals surface area (Å²) in [5, 5.41) is 9.08. The van der Waals surface area contributed by atoms with Crippen LogP contribution >= 0.6 is 27.3 Å². The molecule has 1 unspecified atom stereocenters. The van der Waals surface area contributed by atoms with Gasteiger partial charge in [-0.15, -0.1) is 11.3 Å². The Hall–Kier alpha value is -1.25. The predicted octanol–water partition coefficient (Wildman–Crippen LogP) is 2.12. The van der Waals surface area contributed by atoms with Gasteiger partial charge in [0.2, 0.25) is 5.91 Å². The van der Waals surface area contributed by atoms with Gasteiger partial charge in [0, 0.05) is 6.42 Å². The van der Waals surface area contributed by atoms with Crippen LogP contribution in [0.1, 0.15) is 35.4 Å². The molecule has 2 heterocycles. The fourth-order valence-corrected chi connectivity index (χ4v) is 4.20. The van der Waals surface area contributed by atoms with Gasteiger partial charge in [-0.2, -0.15) is 0 Å². The Labute approximate surface area is 146 Å². The lowest BCUT2D eigenvalue weighted by molar-refractivity contribution is -0.143. The van der Waals surface area contributed by atoms with Crippen molar-refractivity contribution in [1.29, 1.82) is 0 Å². The van der Waals surface area contributed by atoms with Gasteiger partial charge in [-0.05, 0) is 60.4 Å². The average molecular weight is 403 g/mol. The minimum atomic E-state index is -0.785. The lowest BCUT2D eigenvalue weighted by Gasteiger charge is -2.35. The number of halogens is 1. The molecule has 1 atom stereocenters. The maximum atomic E-state index is 12.8. The molecular weight excluding hydrogens is 384 g/mol. The number of amides is 1. The van der Waals surface area contributed by atoms with Gasteiger partial charge in [-0.3, -0.25) is 19.3 Å². The topological polar surface area (TPSA) is 101 Å². The number of nitrogens with two attached hydrogens (primary N) is 1. The van der Waals surface area contributed by atoms with Gasteiger partial charge in [0.1, 0.15) is 0 Å². The SMILES string of the molecule is NC(=O)CCC(C(=O)c1ccc(Br)s1)N1CCC(C(=O)O)CC1. The van der Waals surface area contributed by atoms with E-state index < -0.39 is 17.9 Å². The Kier molecular flexibility index (Phi) is 6.32. The fourth-order valence-electron chi connectivity index (χ4n) is 2.83. The second-order valence-electron chi connectivity index (χ2n) is 5.64. The van der Waals surface area contributed by atoms with Crippen LogP contribution in [0.2, 0.25) is 0 Å². The van der Waals surface area contributed by atoms with Gasteiger partial charge >= 0.3 is 5.97 Å². The smallest absolute Gasteiger partial charge is 0.306 e. The summed E-state index contributed by atoms with van der Waals surface area (Å²) in [5.41, 5.74) is 5.22. The van der Waals surface area contributed by atoms with Crippen LogP contribution in [0.4, 0.5) is 0 Å². The van der Waals surface area contributed by atoms with Crippen molar-refractivity contribution in [3.8, 4) is 0 Å². The standard InChI is InChI=1S/C15H19BrN2O4S/c16-12-3-2-11(23-12)14(20)10(1-4-13(17)19)18-7-5-9(6-8-18)15(21)22/h2-3,9-10H,1,4-8H2,(H2,17,19)(H,21,22). The van der Waals surface area contributed by atoms with Crippen molar-refractivity contribution in [1.82, 2.24) is 4.90 Å². The molecule has 0 radical (unpaired) electrons. The Morgan fingerprint density at radius 1 is 1.35 bits per heavy atom. The zero-order valence-corrected chi connectivity index (χ0v) is 14.9. The summed E-state index contributed by atoms with van der Waals surface area (Å²) in [4.78, 5) is 37.5. The number of rotatable bonds is 7. The second kappa shape index (κ2) is 8.03. The number of hydrogen-bond acceptors (Lipinski definition) is 5. The molecule has 3 N–H and O–H groups in total. The van der Waals surface area contributed by atoms with E-state index >= 15 is 0 Å². The molecule has 1 aromatic rings. The third kappa shape index (κ3) is 4.86. The quantitative estimate of drug-likeness (QED) is 0.680. The van der Waals surface area contributed by atoms with E-state index in [0.29, 0.717) is 37.2 Å². The Bertz CT molecular complexity index is 596. The highest BCUT2D eigenvalue weighted by atomic mass is 79.9. The van der Waals surface area contributed by atoms with Crippen LogP contribution < -0.4 is 5.73 Å². The van der Waals surface area contributed by atoms with E-state index in [9.17, 15) is 14.4 Å². The molecule has 1 aromatic heterocycles. The number of Topliss-reactive ketones (excluding diaryl/α,β-unsaturated/α-hetero) is 1. The first-order valence-electron chi connectivity index (χ1n) is 7.43. The highest BCUT2D eigenvalue weighted by Gasteiger charge is 2.33. The number of piperidine rings is 1. The van der Waals surface area contributed by atoms with E-state index in [1.54, 1.807) is 6.07 Å². The minimum absolute atomic E-state index is 0.0317. The molecule has 23 heavy (non-hydrogen) atoms. The number of hydrogen-bond donors (Lipinski definition) is 2. The predicted molar refractivity (Wildman–Crippen MR) is 90.5 cm³/mol. The molecule has 6 nitrogen and oxygen atoms in total. The summed E-state index contributed by atoms with van der Waals surface area (Å²) in [7, 11) is 0. The summed E-state index contributed by atoms with van der Waals surface area (Å²) in [6.07, 6.45) is 1.54. The third-order valence-electron chi connectivity index (χ3n) is 4.10. The normalized spacial score (nSPS) is 17.8. The van der Waals surface area contributed by atoms with E-state index in [4.69, 9.17) is 10.8 Å². The van der Waals surface area contributed by atoms with Crippen molar-refractivity contribution in [2.45, 2.75) is 31.7 Å². The summed E-state index contributed by atoms with van der Waals surface area (Å²) in [5.74, 6) is -1.60. The molecule has 1 aliphatic heterocycles. The van der Waals surface area contributed by atoms with E-state index in [0.717, 1.165) is 3.79 Å². The molecular formula is C15H19BrN2O4S. The third-order valence-corrected chi connectivity index (χ3v) is 5.74. The molecule has 0 spiro atoms. The number of carboxylic acid groups (broad SMARTS) is 1. The number of ketones is 1. The molecule has 1 aliphatic rings. The molecule has 1 amide bonds. The number of carbonyl (C=O) groups excluding carboxylic acids is 2. The maximum absolute atomic E-state index is 12.8. The minimum Gasteiger partial charge on any atom is -0.481 e. The molecule has 2 rings (SSSR count). The van der Waals surface area contributed by atoms with Crippen molar-refractivity contribution < 1.29 is 19.5 Å². The number of carboxylic acids is 1. The van der Waals surface area contributed by atoms with Gasteiger partial charge < -0.3 is 10.8 Å². The van der Waals surface area contributed by atoms with Gasteiger partial charge in [0.15, 0.2) is 5.78 Å². The monoisotopic (exact) mass is 402 g/mol. The Morgan fingerprint density at radius 2 is 2.00 bits per heavy atom. The number of carbonyl (C=O) groups is 3. The summed E-state index contributed by atoms with van der Waals surface area (Å²) >= 11 is 4.70. The van der Waals surface area contributed by atoms with Crippen molar-refractivity contribution in [3.63, 3.8) is 0 Å². The maximum Gasteiger partial charge on any atom is 0.306 e. The van der Waals surface area contributed by atoms with E-state index in [2.05, 4.69) is 15.9 Å². The largest absolute Gasteiger partial charge is 0.481 e. The first kappa shape index (κ1) is 18.1. The molecule has 1 saturated heterocycles. The van der Waals surface area contributed by atoms with Crippen molar-refractivity contribution in [3.05, 3.63) is 20.8 Å². The summed E-state index contributed by atoms with van der Waals surface area (Å²) < 4.78 is 0.874. The van der Waals surface area contributed by atoms with Gasteiger partial charge in [0.25, 0.3) is 0 Å². The van der Waals surface area contributed by atoms with Gasteiger partial charge in [0.05, 0.1) is 20.6 Å². The number of likely N-dealkylation sites (tertiary alicyclic amines) is 1. The highest BCUT2D eigenvalue weighted by Crippen LogP contribution is 2.27. The Balaban J connectivity index is 2.09. The first-order chi connectivity index (χ1) is 10.9. The molecule has 0 aromatic carbocycles. The zero-order valence-electron chi connectivity index (χ0n) is 12.5. The molecule has 126 valence electrons. The molecule has 8 heteroatoms. The second-order valence-corrected chi connectivity index (χ2v) is 8.10. The molecule has 0 saturated carbocycles. The lowest BCUT2D eigenvalue weighted by Crippen LogP contribution is -2.46. The van der Waals surface area contributed by atoms with Crippen LogP contribution in [0.3, 0.4) is 0 Å². The Morgan fingerprint density at radius 3 is 2.48 bits per heavy atom. The molecule has 0 aliphatic carbocycles. The number of thiophene rings is 1. The van der Waals surface area contributed by atoms with Crippen molar-refractivity contribution in [2.75, 3.05) is 13.1 Å². The van der Waals surface area contributed by atoms with Crippen LogP contribution in [0.5, 0.6) is 0 Å². The highest BCUT2D eigenvalue weighted by molar-refractivity contribution is 9.11. The fraction of sp³-hybridized carbons (Fsp3) is 0.533. The van der Waals surface area contributed by atoms with Crippen LogP contribution in [0.25, 0.3) is 0 Å². The number of nitrogens with zero attached hydrogens (tertiary/aromatic N) is 1.